The Hall–Kier alpha value is -1.91. The van der Waals surface area contributed by atoms with Gasteiger partial charge in [0.15, 0.2) is 0 Å². The highest BCUT2D eigenvalue weighted by molar-refractivity contribution is 6.31. The molecule has 3 nitrogen and oxygen atoms in total. The number of carbonyl (C=O) groups is 1. The predicted molar refractivity (Wildman–Crippen MR) is 71.7 cm³/mol. The number of hydrogen-bond acceptors (Lipinski definition) is 2. The molecule has 19 heavy (non-hydrogen) atoms. The van der Waals surface area contributed by atoms with E-state index in [4.69, 9.17) is 16.7 Å². The van der Waals surface area contributed by atoms with Crippen molar-refractivity contribution in [3.05, 3.63) is 64.4 Å². The highest BCUT2D eigenvalue weighted by Crippen LogP contribution is 2.19. The van der Waals surface area contributed by atoms with Crippen molar-refractivity contribution in [2.75, 3.05) is 5.32 Å². The van der Waals surface area contributed by atoms with E-state index in [1.165, 1.54) is 12.1 Å². The van der Waals surface area contributed by atoms with E-state index in [9.17, 15) is 9.18 Å². The van der Waals surface area contributed by atoms with Crippen LogP contribution in [0.3, 0.4) is 0 Å². The van der Waals surface area contributed by atoms with Crippen molar-refractivity contribution < 1.29 is 14.3 Å². The molecule has 0 aromatic heterocycles. The second-order valence-corrected chi connectivity index (χ2v) is 4.33. The van der Waals surface area contributed by atoms with E-state index >= 15 is 0 Å². The molecule has 0 atom stereocenters. The molecule has 0 saturated carbocycles. The number of halogens is 2. The molecule has 0 saturated heterocycles. The first-order chi connectivity index (χ1) is 9.11. The average Bonchev–Trinajstić information content (AvgIpc) is 2.42. The third-order valence-corrected chi connectivity index (χ3v) is 2.84. The lowest BCUT2D eigenvalue weighted by molar-refractivity contribution is 0.102. The maximum atomic E-state index is 13.5. The summed E-state index contributed by atoms with van der Waals surface area (Å²) in [5, 5.41) is 12.0. The Morgan fingerprint density at radius 1 is 1.26 bits per heavy atom. The lowest BCUT2D eigenvalue weighted by Crippen LogP contribution is -2.15. The van der Waals surface area contributed by atoms with E-state index in [-0.39, 0.29) is 17.2 Å². The first-order valence-electron chi connectivity index (χ1n) is 5.57. The highest BCUT2D eigenvalue weighted by Gasteiger charge is 2.13. The van der Waals surface area contributed by atoms with E-state index in [0.717, 1.165) is 6.07 Å². The summed E-state index contributed by atoms with van der Waals surface area (Å²) >= 11 is 5.74. The summed E-state index contributed by atoms with van der Waals surface area (Å²) in [6.45, 7) is -0.214. The van der Waals surface area contributed by atoms with E-state index in [1.807, 2.05) is 0 Å². The van der Waals surface area contributed by atoms with E-state index < -0.39 is 11.7 Å². The van der Waals surface area contributed by atoms with Crippen molar-refractivity contribution in [3.63, 3.8) is 0 Å². The normalized spacial score (nSPS) is 10.3. The van der Waals surface area contributed by atoms with Crippen molar-refractivity contribution in [1.82, 2.24) is 0 Å². The number of hydrogen-bond donors (Lipinski definition) is 2. The Kier molecular flexibility index (Phi) is 4.14. The largest absolute Gasteiger partial charge is 0.392 e. The first-order valence-corrected chi connectivity index (χ1v) is 5.95. The minimum absolute atomic E-state index is 0.139. The van der Waals surface area contributed by atoms with Crippen LogP contribution in [0.5, 0.6) is 0 Å². The van der Waals surface area contributed by atoms with Crippen molar-refractivity contribution in [3.8, 4) is 0 Å². The molecule has 0 bridgehead atoms. The smallest absolute Gasteiger partial charge is 0.258 e. The number of benzene rings is 2. The standard InChI is InChI=1S/C14H11ClFNO2/c15-10-5-6-12(16)11(7-10)14(19)17-13-4-2-1-3-9(13)8-18/h1-7,18H,8H2,(H,17,19). The van der Waals surface area contributed by atoms with Crippen LogP contribution in [0.2, 0.25) is 5.02 Å². The van der Waals surface area contributed by atoms with Crippen LogP contribution in [0.25, 0.3) is 0 Å². The Morgan fingerprint density at radius 2 is 2.00 bits per heavy atom. The Morgan fingerprint density at radius 3 is 2.74 bits per heavy atom. The molecule has 2 N–H and O–H groups in total. The molecular formula is C14H11ClFNO2. The molecule has 0 aliphatic rings. The van der Waals surface area contributed by atoms with Gasteiger partial charge in [-0.05, 0) is 24.3 Å². The van der Waals surface area contributed by atoms with E-state index in [0.29, 0.717) is 11.3 Å². The van der Waals surface area contributed by atoms with Crippen LogP contribution in [0, 0.1) is 5.82 Å². The molecule has 0 spiro atoms. The highest BCUT2D eigenvalue weighted by atomic mass is 35.5. The van der Waals surface area contributed by atoms with Crippen molar-refractivity contribution in [2.45, 2.75) is 6.61 Å². The van der Waals surface area contributed by atoms with Gasteiger partial charge in [0, 0.05) is 16.3 Å². The summed E-state index contributed by atoms with van der Waals surface area (Å²) in [5.41, 5.74) is 0.855. The minimum atomic E-state index is -0.650. The fourth-order valence-corrected chi connectivity index (χ4v) is 1.81. The number of amides is 1. The monoisotopic (exact) mass is 279 g/mol. The molecule has 0 heterocycles. The third-order valence-electron chi connectivity index (χ3n) is 2.61. The van der Waals surface area contributed by atoms with Crippen LogP contribution in [0.1, 0.15) is 15.9 Å². The second kappa shape index (κ2) is 5.82. The van der Waals surface area contributed by atoms with Crippen LogP contribution in [-0.2, 0) is 6.61 Å². The quantitative estimate of drug-likeness (QED) is 0.906. The van der Waals surface area contributed by atoms with Gasteiger partial charge in [-0.1, -0.05) is 29.8 Å². The molecule has 2 rings (SSSR count). The van der Waals surface area contributed by atoms with Gasteiger partial charge in [-0.2, -0.15) is 0 Å². The van der Waals surface area contributed by atoms with Gasteiger partial charge in [-0.15, -0.1) is 0 Å². The fourth-order valence-electron chi connectivity index (χ4n) is 1.64. The number of rotatable bonds is 3. The molecule has 5 heteroatoms. The second-order valence-electron chi connectivity index (χ2n) is 3.89. The van der Waals surface area contributed by atoms with Crippen LogP contribution < -0.4 is 5.32 Å². The van der Waals surface area contributed by atoms with Crippen molar-refractivity contribution in [2.24, 2.45) is 0 Å². The molecule has 0 aliphatic carbocycles. The first kappa shape index (κ1) is 13.5. The summed E-state index contributed by atoms with van der Waals surface area (Å²) in [6.07, 6.45) is 0. The number of aliphatic hydroxyl groups excluding tert-OH is 1. The number of para-hydroxylation sites is 1. The van der Waals surface area contributed by atoms with Gasteiger partial charge < -0.3 is 10.4 Å². The Labute approximate surface area is 114 Å². The molecule has 0 fully saturated rings. The number of nitrogens with one attached hydrogen (secondary N) is 1. The number of anilines is 1. The van der Waals surface area contributed by atoms with Crippen LogP contribution in [-0.4, -0.2) is 11.0 Å². The van der Waals surface area contributed by atoms with Gasteiger partial charge in [0.05, 0.1) is 12.2 Å². The summed E-state index contributed by atoms with van der Waals surface area (Å²) < 4.78 is 13.5. The zero-order chi connectivity index (χ0) is 13.8. The lowest BCUT2D eigenvalue weighted by atomic mass is 10.1. The van der Waals surface area contributed by atoms with Crippen LogP contribution in [0.4, 0.5) is 10.1 Å². The fraction of sp³-hybridized carbons (Fsp3) is 0.0714. The molecule has 0 unspecified atom stereocenters. The van der Waals surface area contributed by atoms with Gasteiger partial charge in [0.2, 0.25) is 0 Å². The summed E-state index contributed by atoms with van der Waals surface area (Å²) in [4.78, 5) is 12.0. The van der Waals surface area contributed by atoms with Crippen molar-refractivity contribution >= 4 is 23.2 Å². The SMILES string of the molecule is O=C(Nc1ccccc1CO)c1cc(Cl)ccc1F. The molecular weight excluding hydrogens is 269 g/mol. The maximum absolute atomic E-state index is 13.5. The van der Waals surface area contributed by atoms with Gasteiger partial charge >= 0.3 is 0 Å². The van der Waals surface area contributed by atoms with Gasteiger partial charge in [-0.25, -0.2) is 4.39 Å². The summed E-state index contributed by atoms with van der Waals surface area (Å²) in [6, 6.07) is 10.5. The third kappa shape index (κ3) is 3.10. The lowest BCUT2D eigenvalue weighted by Gasteiger charge is -2.10. The molecule has 0 aliphatic heterocycles. The zero-order valence-corrected chi connectivity index (χ0v) is 10.6. The molecule has 0 radical (unpaired) electrons. The van der Waals surface area contributed by atoms with Gasteiger partial charge in [-0.3, -0.25) is 4.79 Å². The van der Waals surface area contributed by atoms with E-state index in [2.05, 4.69) is 5.32 Å². The minimum Gasteiger partial charge on any atom is -0.392 e. The Bertz CT molecular complexity index is 616. The van der Waals surface area contributed by atoms with Gasteiger partial charge in [0.1, 0.15) is 5.82 Å². The number of carbonyl (C=O) groups excluding carboxylic acids is 1. The Balaban J connectivity index is 2.28. The van der Waals surface area contributed by atoms with Crippen molar-refractivity contribution in [1.29, 1.82) is 0 Å². The molecule has 98 valence electrons. The topological polar surface area (TPSA) is 49.3 Å². The molecule has 1 amide bonds. The summed E-state index contributed by atoms with van der Waals surface area (Å²) in [7, 11) is 0. The number of aliphatic hydroxyl groups is 1. The van der Waals surface area contributed by atoms with Crippen LogP contribution in [0.15, 0.2) is 42.5 Å². The van der Waals surface area contributed by atoms with Crippen LogP contribution >= 0.6 is 11.6 Å². The van der Waals surface area contributed by atoms with E-state index in [1.54, 1.807) is 24.3 Å². The predicted octanol–water partition coefficient (Wildman–Crippen LogP) is 3.22. The van der Waals surface area contributed by atoms with Gasteiger partial charge in [0.25, 0.3) is 5.91 Å². The molecule has 2 aromatic carbocycles. The zero-order valence-electron chi connectivity index (χ0n) is 9.86. The average molecular weight is 280 g/mol. The summed E-state index contributed by atoms with van der Waals surface area (Å²) in [5.74, 6) is -1.26. The molecule has 2 aromatic rings. The maximum Gasteiger partial charge on any atom is 0.258 e.